The maximum atomic E-state index is 12.5. The van der Waals surface area contributed by atoms with Crippen molar-refractivity contribution in [2.45, 2.75) is 25.2 Å². The van der Waals surface area contributed by atoms with E-state index in [1.165, 1.54) is 11.8 Å². The zero-order valence-electron chi connectivity index (χ0n) is 19.1. The predicted octanol–water partition coefficient (Wildman–Crippen LogP) is 4.95. The second kappa shape index (κ2) is 11.4. The lowest BCUT2D eigenvalue weighted by atomic mass is 10.2. The van der Waals surface area contributed by atoms with Crippen LogP contribution in [0.1, 0.15) is 17.0 Å². The molecule has 0 aliphatic heterocycles. The average Bonchev–Trinajstić information content (AvgIpc) is 3.23. The van der Waals surface area contributed by atoms with Crippen molar-refractivity contribution in [1.82, 2.24) is 14.8 Å². The molecule has 4 rings (SSSR count). The molecule has 0 radical (unpaired) electrons. The third-order valence-corrected chi connectivity index (χ3v) is 5.99. The number of methoxy groups -OCH3 is 1. The van der Waals surface area contributed by atoms with Crippen molar-refractivity contribution in [2.24, 2.45) is 0 Å². The van der Waals surface area contributed by atoms with Gasteiger partial charge in [-0.2, -0.15) is 0 Å². The first kappa shape index (κ1) is 23.4. The first-order chi connectivity index (χ1) is 16.6. The van der Waals surface area contributed by atoms with Crippen molar-refractivity contribution in [3.63, 3.8) is 0 Å². The van der Waals surface area contributed by atoms with Gasteiger partial charge in [0.2, 0.25) is 5.91 Å². The van der Waals surface area contributed by atoms with Crippen LogP contribution in [0.3, 0.4) is 0 Å². The van der Waals surface area contributed by atoms with Crippen LogP contribution in [0, 0.1) is 6.92 Å². The number of nitrogens with zero attached hydrogens (tertiary/aromatic N) is 3. The smallest absolute Gasteiger partial charge is 0.234 e. The molecular weight excluding hydrogens is 448 g/mol. The molecule has 0 atom stereocenters. The predicted molar refractivity (Wildman–Crippen MR) is 133 cm³/mol. The molecule has 0 bridgehead atoms. The van der Waals surface area contributed by atoms with Crippen LogP contribution in [0.4, 0.5) is 5.69 Å². The molecule has 0 aliphatic carbocycles. The van der Waals surface area contributed by atoms with Gasteiger partial charge in [-0.15, -0.1) is 10.2 Å². The van der Waals surface area contributed by atoms with E-state index in [-0.39, 0.29) is 18.3 Å². The molecule has 3 aromatic carbocycles. The lowest BCUT2D eigenvalue weighted by molar-refractivity contribution is -0.113. The van der Waals surface area contributed by atoms with Crippen molar-refractivity contribution < 1.29 is 14.3 Å². The van der Waals surface area contributed by atoms with E-state index in [1.54, 1.807) is 13.2 Å². The van der Waals surface area contributed by atoms with Gasteiger partial charge in [0, 0.05) is 11.8 Å². The maximum Gasteiger partial charge on any atom is 0.234 e. The molecule has 0 saturated heterocycles. The molecule has 0 spiro atoms. The Kier molecular flexibility index (Phi) is 7.83. The number of aryl methyl sites for hydroxylation is 1. The van der Waals surface area contributed by atoms with Gasteiger partial charge in [-0.05, 0) is 42.3 Å². The van der Waals surface area contributed by atoms with Gasteiger partial charge in [-0.3, -0.25) is 9.36 Å². The molecule has 1 heterocycles. The van der Waals surface area contributed by atoms with E-state index < -0.39 is 0 Å². The van der Waals surface area contributed by atoms with Gasteiger partial charge in [-0.25, -0.2) is 0 Å². The van der Waals surface area contributed by atoms with Crippen molar-refractivity contribution in [1.29, 1.82) is 0 Å². The Morgan fingerprint density at radius 2 is 1.76 bits per heavy atom. The van der Waals surface area contributed by atoms with E-state index in [0.717, 1.165) is 16.9 Å². The Hall–Kier alpha value is -3.78. The molecule has 1 aromatic heterocycles. The molecule has 4 aromatic rings. The first-order valence-corrected chi connectivity index (χ1v) is 11.8. The number of amides is 1. The lowest BCUT2D eigenvalue weighted by Gasteiger charge is -2.12. The summed E-state index contributed by atoms with van der Waals surface area (Å²) in [6, 6.07) is 25.2. The molecule has 7 nitrogen and oxygen atoms in total. The second-order valence-corrected chi connectivity index (χ2v) is 8.59. The molecule has 0 saturated carbocycles. The van der Waals surface area contributed by atoms with Gasteiger partial charge < -0.3 is 14.8 Å². The Balaban J connectivity index is 1.46. The highest BCUT2D eigenvalue weighted by Crippen LogP contribution is 2.22. The van der Waals surface area contributed by atoms with Crippen LogP contribution in [0.25, 0.3) is 0 Å². The normalized spacial score (nSPS) is 10.6. The highest BCUT2D eigenvalue weighted by atomic mass is 32.2. The van der Waals surface area contributed by atoms with Gasteiger partial charge in [-0.1, -0.05) is 60.3 Å². The number of anilines is 1. The van der Waals surface area contributed by atoms with Crippen LogP contribution in [-0.2, 0) is 17.9 Å². The average molecular weight is 475 g/mol. The third kappa shape index (κ3) is 6.39. The number of thioether (sulfide) groups is 1. The SMILES string of the molecule is COc1cccc(NC(=O)CSc2nnc(COc3cccc(C)c3)n2Cc2ccccc2)c1. The summed E-state index contributed by atoms with van der Waals surface area (Å²) in [7, 11) is 1.59. The van der Waals surface area contributed by atoms with Crippen molar-refractivity contribution in [2.75, 3.05) is 18.2 Å². The number of benzene rings is 3. The molecule has 1 N–H and O–H groups in total. The standard InChI is InChI=1S/C26H26N4O3S/c1-19-8-6-13-23(14-19)33-17-24-28-29-26(30(24)16-20-9-4-3-5-10-20)34-18-25(31)27-21-11-7-12-22(15-21)32-2/h3-15H,16-18H2,1-2H3,(H,27,31). The largest absolute Gasteiger partial charge is 0.497 e. The minimum atomic E-state index is -0.134. The van der Waals surface area contributed by atoms with Crippen LogP contribution in [0.5, 0.6) is 11.5 Å². The summed E-state index contributed by atoms with van der Waals surface area (Å²) >= 11 is 1.34. The summed E-state index contributed by atoms with van der Waals surface area (Å²) in [5.41, 5.74) is 2.92. The lowest BCUT2D eigenvalue weighted by Crippen LogP contribution is -2.15. The van der Waals surface area contributed by atoms with Crippen LogP contribution in [-0.4, -0.2) is 33.5 Å². The molecule has 0 unspecified atom stereocenters. The zero-order valence-corrected chi connectivity index (χ0v) is 19.9. The Labute approximate surface area is 203 Å². The fraction of sp³-hybridized carbons (Fsp3) is 0.192. The molecule has 8 heteroatoms. The zero-order chi connectivity index (χ0) is 23.8. The summed E-state index contributed by atoms with van der Waals surface area (Å²) in [5, 5.41) is 12.3. The summed E-state index contributed by atoms with van der Waals surface area (Å²) in [6.07, 6.45) is 0. The Morgan fingerprint density at radius 1 is 0.971 bits per heavy atom. The van der Waals surface area contributed by atoms with Crippen LogP contribution in [0.2, 0.25) is 0 Å². The summed E-state index contributed by atoms with van der Waals surface area (Å²) < 4.78 is 13.2. The number of aromatic nitrogens is 3. The summed E-state index contributed by atoms with van der Waals surface area (Å²) in [4.78, 5) is 12.5. The fourth-order valence-electron chi connectivity index (χ4n) is 3.34. The van der Waals surface area contributed by atoms with Crippen LogP contribution >= 0.6 is 11.8 Å². The van der Waals surface area contributed by atoms with Gasteiger partial charge in [0.25, 0.3) is 0 Å². The molecular formula is C26H26N4O3S. The van der Waals surface area contributed by atoms with E-state index in [0.29, 0.717) is 29.0 Å². The molecule has 0 aliphatic rings. The van der Waals surface area contributed by atoms with E-state index in [1.807, 2.05) is 72.2 Å². The van der Waals surface area contributed by atoms with E-state index in [9.17, 15) is 4.79 Å². The fourth-order valence-corrected chi connectivity index (χ4v) is 4.10. The van der Waals surface area contributed by atoms with Crippen molar-refractivity contribution in [3.05, 3.63) is 95.8 Å². The number of hydrogen-bond donors (Lipinski definition) is 1. The van der Waals surface area contributed by atoms with Gasteiger partial charge in [0.15, 0.2) is 11.0 Å². The van der Waals surface area contributed by atoms with Crippen molar-refractivity contribution >= 4 is 23.4 Å². The number of hydrogen-bond acceptors (Lipinski definition) is 6. The number of carbonyl (C=O) groups excluding carboxylic acids is 1. The minimum absolute atomic E-state index is 0.134. The first-order valence-electron chi connectivity index (χ1n) is 10.8. The molecule has 34 heavy (non-hydrogen) atoms. The number of ether oxygens (including phenoxy) is 2. The van der Waals surface area contributed by atoms with E-state index in [4.69, 9.17) is 9.47 Å². The number of nitrogens with one attached hydrogen (secondary N) is 1. The summed E-state index contributed by atoms with van der Waals surface area (Å²) in [5.74, 6) is 2.22. The highest BCUT2D eigenvalue weighted by Gasteiger charge is 2.16. The van der Waals surface area contributed by atoms with Gasteiger partial charge >= 0.3 is 0 Å². The Bertz CT molecular complexity index is 1240. The monoisotopic (exact) mass is 474 g/mol. The second-order valence-electron chi connectivity index (χ2n) is 7.64. The molecule has 174 valence electrons. The maximum absolute atomic E-state index is 12.5. The topological polar surface area (TPSA) is 78.3 Å². The highest BCUT2D eigenvalue weighted by molar-refractivity contribution is 7.99. The molecule has 1 amide bonds. The van der Waals surface area contributed by atoms with E-state index in [2.05, 4.69) is 27.6 Å². The van der Waals surface area contributed by atoms with E-state index >= 15 is 0 Å². The summed E-state index contributed by atoms with van der Waals surface area (Å²) in [6.45, 7) is 2.89. The van der Waals surface area contributed by atoms with Crippen LogP contribution < -0.4 is 14.8 Å². The van der Waals surface area contributed by atoms with Crippen LogP contribution in [0.15, 0.2) is 84.0 Å². The third-order valence-electron chi connectivity index (χ3n) is 5.02. The van der Waals surface area contributed by atoms with Gasteiger partial charge in [0.1, 0.15) is 18.1 Å². The quantitative estimate of drug-likeness (QED) is 0.328. The Morgan fingerprint density at radius 3 is 2.56 bits per heavy atom. The van der Waals surface area contributed by atoms with Gasteiger partial charge in [0.05, 0.1) is 19.4 Å². The number of rotatable bonds is 10. The van der Waals surface area contributed by atoms with Crippen molar-refractivity contribution in [3.8, 4) is 11.5 Å². The number of carbonyl (C=O) groups is 1. The minimum Gasteiger partial charge on any atom is -0.497 e. The molecule has 0 fully saturated rings.